The van der Waals surface area contributed by atoms with Crippen molar-refractivity contribution in [3.05, 3.63) is 36.4 Å². The van der Waals surface area contributed by atoms with E-state index in [1.165, 1.54) is 0 Å². The van der Waals surface area contributed by atoms with E-state index in [0.717, 1.165) is 0 Å². The van der Waals surface area contributed by atoms with Crippen LogP contribution in [0.2, 0.25) is 0 Å². The molecule has 0 aliphatic rings. The quantitative estimate of drug-likeness (QED) is 0.510. The maximum atomic E-state index is 8.36. The van der Waals surface area contributed by atoms with Gasteiger partial charge in [-0.25, -0.2) is 0 Å². The lowest BCUT2D eigenvalue weighted by Gasteiger charge is -1.96. The molecule has 0 fully saturated rings. The first-order valence-electron chi connectivity index (χ1n) is 4.20. The SMILES string of the molecule is O=CO.OCC(O)CO.c1ccccc1. The molecule has 0 spiro atoms. The second-order valence-corrected chi connectivity index (χ2v) is 2.28. The first-order valence-corrected chi connectivity index (χ1v) is 4.20. The standard InChI is InChI=1S/C6H6.C3H8O3.CH2O2/c1-2-4-6-5-3-1;4-1-3(6)2-5;2-1-3/h1-6H;3-6H,1-2H2;1H,(H,2,3). The minimum atomic E-state index is -0.954. The van der Waals surface area contributed by atoms with Crippen molar-refractivity contribution in [3.8, 4) is 0 Å². The molecule has 0 unspecified atom stereocenters. The van der Waals surface area contributed by atoms with Crippen molar-refractivity contribution in [1.29, 1.82) is 0 Å². The topological polar surface area (TPSA) is 98.0 Å². The molecule has 0 aromatic heterocycles. The fourth-order valence-electron chi connectivity index (χ4n) is 0.443. The lowest BCUT2D eigenvalue weighted by Crippen LogP contribution is -2.15. The van der Waals surface area contributed by atoms with Crippen LogP contribution in [0.3, 0.4) is 0 Å². The van der Waals surface area contributed by atoms with Gasteiger partial charge < -0.3 is 20.4 Å². The fraction of sp³-hybridized carbons (Fsp3) is 0.300. The van der Waals surface area contributed by atoms with Gasteiger partial charge in [-0.3, -0.25) is 4.79 Å². The first-order chi connectivity index (χ1) is 7.22. The van der Waals surface area contributed by atoms with Crippen LogP contribution in [0, 0.1) is 0 Å². The smallest absolute Gasteiger partial charge is 0.290 e. The van der Waals surface area contributed by atoms with Gasteiger partial charge in [0.05, 0.1) is 13.2 Å². The van der Waals surface area contributed by atoms with Crippen LogP contribution in [0.5, 0.6) is 0 Å². The molecular weight excluding hydrogens is 200 g/mol. The Kier molecular flexibility index (Phi) is 16.1. The zero-order valence-corrected chi connectivity index (χ0v) is 8.23. The molecular formula is C10H16O5. The zero-order chi connectivity index (χ0) is 11.9. The molecule has 15 heavy (non-hydrogen) atoms. The highest BCUT2D eigenvalue weighted by atomic mass is 16.3. The summed E-state index contributed by atoms with van der Waals surface area (Å²) in [4.78, 5) is 8.36. The van der Waals surface area contributed by atoms with Crippen molar-refractivity contribution in [1.82, 2.24) is 0 Å². The Morgan fingerprint density at radius 1 is 0.933 bits per heavy atom. The second kappa shape index (κ2) is 15.1. The minimum Gasteiger partial charge on any atom is -0.483 e. The average molecular weight is 216 g/mol. The molecule has 1 aromatic carbocycles. The van der Waals surface area contributed by atoms with Crippen molar-refractivity contribution in [2.75, 3.05) is 13.2 Å². The van der Waals surface area contributed by atoms with Gasteiger partial charge in [-0.2, -0.15) is 0 Å². The number of hydrogen-bond donors (Lipinski definition) is 4. The summed E-state index contributed by atoms with van der Waals surface area (Å²) in [6, 6.07) is 12.0. The number of aliphatic hydroxyl groups is 3. The molecule has 1 rings (SSSR count). The third-order valence-corrected chi connectivity index (χ3v) is 1.09. The summed E-state index contributed by atoms with van der Waals surface area (Å²) >= 11 is 0. The van der Waals surface area contributed by atoms with E-state index < -0.39 is 6.10 Å². The molecule has 0 aliphatic heterocycles. The van der Waals surface area contributed by atoms with Crippen LogP contribution in [-0.4, -0.2) is 46.2 Å². The van der Waals surface area contributed by atoms with Crippen LogP contribution >= 0.6 is 0 Å². The van der Waals surface area contributed by atoms with E-state index in [2.05, 4.69) is 0 Å². The number of rotatable bonds is 2. The summed E-state index contributed by atoms with van der Waals surface area (Å²) in [6.07, 6.45) is -0.954. The van der Waals surface area contributed by atoms with Crippen molar-refractivity contribution >= 4 is 6.47 Å². The highest BCUT2D eigenvalue weighted by Crippen LogP contribution is 1.79. The minimum absolute atomic E-state index is 0.250. The normalized spacial score (nSPS) is 8.00. The molecule has 0 saturated heterocycles. The Morgan fingerprint density at radius 3 is 1.20 bits per heavy atom. The maximum Gasteiger partial charge on any atom is 0.290 e. The summed E-state index contributed by atoms with van der Waals surface area (Å²) in [5, 5.41) is 30.9. The Morgan fingerprint density at radius 2 is 1.13 bits per heavy atom. The van der Waals surface area contributed by atoms with E-state index in [4.69, 9.17) is 25.2 Å². The number of carboxylic acid groups (broad SMARTS) is 1. The van der Waals surface area contributed by atoms with Gasteiger partial charge in [0.15, 0.2) is 0 Å². The lowest BCUT2D eigenvalue weighted by atomic mass is 10.4. The summed E-state index contributed by atoms with van der Waals surface area (Å²) in [5.74, 6) is 0. The van der Waals surface area contributed by atoms with Crippen LogP contribution in [0.25, 0.3) is 0 Å². The maximum absolute atomic E-state index is 8.36. The van der Waals surface area contributed by atoms with Gasteiger partial charge in [-0.15, -0.1) is 0 Å². The van der Waals surface area contributed by atoms with E-state index in [1.54, 1.807) is 0 Å². The van der Waals surface area contributed by atoms with E-state index in [9.17, 15) is 0 Å². The molecule has 0 bridgehead atoms. The third kappa shape index (κ3) is 19.1. The second-order valence-electron chi connectivity index (χ2n) is 2.28. The van der Waals surface area contributed by atoms with Gasteiger partial charge in [0.1, 0.15) is 6.10 Å². The van der Waals surface area contributed by atoms with Crippen LogP contribution in [-0.2, 0) is 4.79 Å². The van der Waals surface area contributed by atoms with Crippen molar-refractivity contribution < 1.29 is 25.2 Å². The van der Waals surface area contributed by atoms with Gasteiger partial charge in [-0.05, 0) is 0 Å². The zero-order valence-electron chi connectivity index (χ0n) is 8.23. The van der Waals surface area contributed by atoms with Gasteiger partial charge in [-0.1, -0.05) is 36.4 Å². The summed E-state index contributed by atoms with van der Waals surface area (Å²) in [5.41, 5.74) is 0. The molecule has 1 aromatic rings. The Balaban J connectivity index is 0. The molecule has 5 heteroatoms. The molecule has 0 heterocycles. The predicted molar refractivity (Wildman–Crippen MR) is 55.3 cm³/mol. The lowest BCUT2D eigenvalue weighted by molar-refractivity contribution is -0.122. The predicted octanol–water partition coefficient (Wildman–Crippen LogP) is -0.281. The molecule has 0 atom stereocenters. The highest BCUT2D eigenvalue weighted by molar-refractivity contribution is 5.32. The Bertz CT molecular complexity index is 172. The molecule has 0 radical (unpaired) electrons. The molecule has 4 N–H and O–H groups in total. The monoisotopic (exact) mass is 216 g/mol. The summed E-state index contributed by atoms with van der Waals surface area (Å²) < 4.78 is 0. The third-order valence-electron chi connectivity index (χ3n) is 1.09. The van der Waals surface area contributed by atoms with E-state index >= 15 is 0 Å². The summed E-state index contributed by atoms with van der Waals surface area (Å²) in [6.45, 7) is -0.979. The van der Waals surface area contributed by atoms with E-state index in [0.29, 0.717) is 0 Å². The van der Waals surface area contributed by atoms with Crippen molar-refractivity contribution in [2.45, 2.75) is 6.10 Å². The van der Waals surface area contributed by atoms with Gasteiger partial charge in [0, 0.05) is 0 Å². The van der Waals surface area contributed by atoms with Gasteiger partial charge in [0.25, 0.3) is 6.47 Å². The molecule has 0 saturated carbocycles. The molecule has 5 nitrogen and oxygen atoms in total. The number of carbonyl (C=O) groups is 1. The number of aliphatic hydroxyl groups excluding tert-OH is 3. The van der Waals surface area contributed by atoms with Crippen LogP contribution in [0.4, 0.5) is 0 Å². The van der Waals surface area contributed by atoms with Crippen molar-refractivity contribution in [3.63, 3.8) is 0 Å². The molecule has 86 valence electrons. The van der Waals surface area contributed by atoms with E-state index in [1.807, 2.05) is 36.4 Å². The van der Waals surface area contributed by atoms with Crippen molar-refractivity contribution in [2.24, 2.45) is 0 Å². The Labute approximate surface area is 88.2 Å². The van der Waals surface area contributed by atoms with E-state index in [-0.39, 0.29) is 19.7 Å². The fourth-order valence-corrected chi connectivity index (χ4v) is 0.443. The largest absolute Gasteiger partial charge is 0.483 e. The van der Waals surface area contributed by atoms with Gasteiger partial charge >= 0.3 is 0 Å². The average Bonchev–Trinajstić information content (AvgIpc) is 2.32. The van der Waals surface area contributed by atoms with Crippen LogP contribution in [0.15, 0.2) is 36.4 Å². The van der Waals surface area contributed by atoms with Gasteiger partial charge in [0.2, 0.25) is 0 Å². The Hall–Kier alpha value is -1.43. The number of benzene rings is 1. The number of hydrogen-bond acceptors (Lipinski definition) is 4. The molecule has 0 amide bonds. The molecule has 0 aliphatic carbocycles. The highest BCUT2D eigenvalue weighted by Gasteiger charge is 1.93. The van der Waals surface area contributed by atoms with Crippen LogP contribution in [0.1, 0.15) is 0 Å². The first kappa shape index (κ1) is 16.0. The summed E-state index contributed by atoms with van der Waals surface area (Å²) in [7, 11) is 0. The van der Waals surface area contributed by atoms with Crippen LogP contribution < -0.4 is 0 Å².